The van der Waals surface area contributed by atoms with Crippen molar-refractivity contribution in [2.75, 3.05) is 11.4 Å². The molecule has 6 heteroatoms. The second-order valence-corrected chi connectivity index (χ2v) is 6.29. The van der Waals surface area contributed by atoms with Crippen LogP contribution in [-0.2, 0) is 9.59 Å². The molecule has 2 aromatic carbocycles. The summed E-state index contributed by atoms with van der Waals surface area (Å²) in [7, 11) is 0. The second kappa shape index (κ2) is 5.73. The number of aryl methyl sites for hydroxylation is 1. The van der Waals surface area contributed by atoms with Crippen LogP contribution in [0, 0.1) is 12.8 Å². The Balaban J connectivity index is 1.71. The van der Waals surface area contributed by atoms with E-state index < -0.39 is 11.8 Å². The molecule has 1 unspecified atom stereocenters. The van der Waals surface area contributed by atoms with Gasteiger partial charge < -0.3 is 15.1 Å². The molecular formula is C19H17N3O3. The molecule has 0 bridgehead atoms. The minimum atomic E-state index is -0.444. The van der Waals surface area contributed by atoms with Crippen molar-refractivity contribution in [3.63, 3.8) is 0 Å². The number of oxazole rings is 1. The number of amides is 2. The first-order valence-electron chi connectivity index (χ1n) is 8.09. The Hall–Kier alpha value is -3.15. The van der Waals surface area contributed by atoms with Crippen molar-refractivity contribution in [2.24, 2.45) is 11.7 Å². The van der Waals surface area contributed by atoms with Gasteiger partial charge in [-0.1, -0.05) is 18.2 Å². The molecule has 2 amide bonds. The first kappa shape index (κ1) is 15.4. The van der Waals surface area contributed by atoms with Gasteiger partial charge in [-0.2, -0.15) is 0 Å². The molecular weight excluding hydrogens is 318 g/mol. The summed E-state index contributed by atoms with van der Waals surface area (Å²) < 4.78 is 5.85. The summed E-state index contributed by atoms with van der Waals surface area (Å²) in [5.41, 5.74) is 9.37. The van der Waals surface area contributed by atoms with E-state index in [0.717, 1.165) is 11.1 Å². The fourth-order valence-electron chi connectivity index (χ4n) is 3.16. The largest absolute Gasteiger partial charge is 0.436 e. The zero-order valence-corrected chi connectivity index (χ0v) is 13.7. The zero-order chi connectivity index (χ0) is 17.6. The molecule has 2 heterocycles. The van der Waals surface area contributed by atoms with E-state index in [-0.39, 0.29) is 12.3 Å². The highest BCUT2D eigenvalue weighted by Crippen LogP contribution is 2.31. The lowest BCUT2D eigenvalue weighted by molar-refractivity contribution is -0.123. The number of rotatable bonds is 3. The number of hydrogen-bond donors (Lipinski definition) is 1. The van der Waals surface area contributed by atoms with E-state index in [9.17, 15) is 9.59 Å². The summed E-state index contributed by atoms with van der Waals surface area (Å²) in [5.74, 6) is -0.443. The predicted molar refractivity (Wildman–Crippen MR) is 93.8 cm³/mol. The van der Waals surface area contributed by atoms with Crippen molar-refractivity contribution in [2.45, 2.75) is 13.3 Å². The first-order valence-corrected chi connectivity index (χ1v) is 8.09. The average molecular weight is 335 g/mol. The molecule has 2 N–H and O–H groups in total. The van der Waals surface area contributed by atoms with Crippen LogP contribution < -0.4 is 10.6 Å². The van der Waals surface area contributed by atoms with Crippen molar-refractivity contribution in [3.05, 3.63) is 48.0 Å². The fourth-order valence-corrected chi connectivity index (χ4v) is 3.16. The third-order valence-electron chi connectivity index (χ3n) is 4.59. The van der Waals surface area contributed by atoms with E-state index in [1.54, 1.807) is 17.0 Å². The summed E-state index contributed by atoms with van der Waals surface area (Å²) in [6.45, 7) is 2.31. The number of anilines is 1. The molecule has 3 aromatic rings. The van der Waals surface area contributed by atoms with Gasteiger partial charge in [-0.15, -0.1) is 0 Å². The molecule has 1 fully saturated rings. The van der Waals surface area contributed by atoms with E-state index in [0.29, 0.717) is 29.2 Å². The molecule has 1 aromatic heterocycles. The lowest BCUT2D eigenvalue weighted by atomic mass is 10.1. The number of carbonyl (C=O) groups is 2. The van der Waals surface area contributed by atoms with Gasteiger partial charge in [0, 0.05) is 24.2 Å². The van der Waals surface area contributed by atoms with Gasteiger partial charge >= 0.3 is 0 Å². The Labute approximate surface area is 144 Å². The number of primary amides is 1. The van der Waals surface area contributed by atoms with Crippen LogP contribution in [0.25, 0.3) is 22.6 Å². The van der Waals surface area contributed by atoms with Crippen LogP contribution in [-0.4, -0.2) is 23.3 Å². The Bertz CT molecular complexity index is 992. The van der Waals surface area contributed by atoms with Crippen LogP contribution in [0.3, 0.4) is 0 Å². The van der Waals surface area contributed by atoms with Crippen LogP contribution in [0.5, 0.6) is 0 Å². The molecule has 126 valence electrons. The van der Waals surface area contributed by atoms with Crippen LogP contribution in [0.4, 0.5) is 5.69 Å². The van der Waals surface area contributed by atoms with Crippen LogP contribution in [0.1, 0.15) is 12.0 Å². The van der Waals surface area contributed by atoms with Gasteiger partial charge in [0.1, 0.15) is 5.52 Å². The van der Waals surface area contributed by atoms with Crippen molar-refractivity contribution in [1.82, 2.24) is 4.98 Å². The Morgan fingerprint density at radius 3 is 2.80 bits per heavy atom. The predicted octanol–water partition coefficient (Wildman–Crippen LogP) is 2.64. The summed E-state index contributed by atoms with van der Waals surface area (Å²) in [5, 5.41) is 0. The van der Waals surface area contributed by atoms with Crippen molar-refractivity contribution < 1.29 is 14.0 Å². The highest BCUT2D eigenvalue weighted by molar-refractivity contribution is 6.01. The number of nitrogens with zero attached hydrogens (tertiary/aromatic N) is 2. The van der Waals surface area contributed by atoms with Crippen molar-refractivity contribution in [1.29, 1.82) is 0 Å². The van der Waals surface area contributed by atoms with Gasteiger partial charge in [0.05, 0.1) is 5.92 Å². The summed E-state index contributed by atoms with van der Waals surface area (Å²) >= 11 is 0. The molecule has 1 saturated heterocycles. The van der Waals surface area contributed by atoms with Gasteiger partial charge in [-0.3, -0.25) is 9.59 Å². The maximum absolute atomic E-state index is 12.2. The van der Waals surface area contributed by atoms with Gasteiger partial charge in [-0.05, 0) is 36.8 Å². The molecule has 4 rings (SSSR count). The number of carbonyl (C=O) groups excluding carboxylic acids is 2. The molecule has 0 radical (unpaired) electrons. The standard InChI is InChI=1S/C19H17N3O3/c1-11-4-2-3-5-14(11)19-21-15-9-13(6-7-16(15)25-19)22-10-12(18(20)24)8-17(22)23/h2-7,9,12H,8,10H2,1H3,(H2,20,24). The Morgan fingerprint density at radius 2 is 2.08 bits per heavy atom. The quantitative estimate of drug-likeness (QED) is 0.797. The number of hydrogen-bond acceptors (Lipinski definition) is 4. The number of benzene rings is 2. The molecule has 0 spiro atoms. The molecule has 1 atom stereocenters. The number of nitrogens with two attached hydrogens (primary N) is 1. The maximum atomic E-state index is 12.2. The molecule has 0 aliphatic carbocycles. The van der Waals surface area contributed by atoms with E-state index in [2.05, 4.69) is 4.98 Å². The lowest BCUT2D eigenvalue weighted by Crippen LogP contribution is -2.28. The SMILES string of the molecule is Cc1ccccc1-c1nc2cc(N3CC(C(N)=O)CC3=O)ccc2o1. The smallest absolute Gasteiger partial charge is 0.227 e. The average Bonchev–Trinajstić information content (AvgIpc) is 3.18. The molecule has 1 aliphatic heterocycles. The third kappa shape index (κ3) is 2.65. The van der Waals surface area contributed by atoms with E-state index in [4.69, 9.17) is 10.2 Å². The van der Waals surface area contributed by atoms with Gasteiger partial charge in [0.2, 0.25) is 17.7 Å². The van der Waals surface area contributed by atoms with Gasteiger partial charge in [0.15, 0.2) is 5.58 Å². The summed E-state index contributed by atoms with van der Waals surface area (Å²) in [6.07, 6.45) is 0.153. The topological polar surface area (TPSA) is 89.4 Å². The lowest BCUT2D eigenvalue weighted by Gasteiger charge is -2.15. The maximum Gasteiger partial charge on any atom is 0.227 e. The molecule has 6 nitrogen and oxygen atoms in total. The highest BCUT2D eigenvalue weighted by Gasteiger charge is 2.34. The molecule has 0 saturated carbocycles. The summed E-state index contributed by atoms with van der Waals surface area (Å²) in [4.78, 5) is 29.7. The van der Waals surface area contributed by atoms with Crippen LogP contribution in [0.2, 0.25) is 0 Å². The minimum absolute atomic E-state index is 0.106. The summed E-state index contributed by atoms with van der Waals surface area (Å²) in [6, 6.07) is 13.3. The highest BCUT2D eigenvalue weighted by atomic mass is 16.3. The molecule has 1 aliphatic rings. The molecule has 25 heavy (non-hydrogen) atoms. The minimum Gasteiger partial charge on any atom is -0.436 e. The fraction of sp³-hybridized carbons (Fsp3) is 0.211. The van der Waals surface area contributed by atoms with E-state index in [1.807, 2.05) is 37.3 Å². The Morgan fingerprint density at radius 1 is 1.28 bits per heavy atom. The van der Waals surface area contributed by atoms with Crippen LogP contribution in [0.15, 0.2) is 46.9 Å². The third-order valence-corrected chi connectivity index (χ3v) is 4.59. The van der Waals surface area contributed by atoms with Crippen LogP contribution >= 0.6 is 0 Å². The van der Waals surface area contributed by atoms with Gasteiger partial charge in [-0.25, -0.2) is 4.98 Å². The van der Waals surface area contributed by atoms with E-state index in [1.165, 1.54) is 0 Å². The Kier molecular flexibility index (Phi) is 3.53. The normalized spacial score (nSPS) is 17.4. The second-order valence-electron chi connectivity index (χ2n) is 6.29. The number of aromatic nitrogens is 1. The van der Waals surface area contributed by atoms with Crippen molar-refractivity contribution in [3.8, 4) is 11.5 Å². The first-order chi connectivity index (χ1) is 12.0. The van der Waals surface area contributed by atoms with E-state index >= 15 is 0 Å². The number of fused-ring (bicyclic) bond motifs is 1. The van der Waals surface area contributed by atoms with Gasteiger partial charge in [0.25, 0.3) is 0 Å². The monoisotopic (exact) mass is 335 g/mol. The zero-order valence-electron chi connectivity index (χ0n) is 13.7. The van der Waals surface area contributed by atoms with Crippen molar-refractivity contribution >= 4 is 28.6 Å².